The summed E-state index contributed by atoms with van der Waals surface area (Å²) in [4.78, 5) is 0. The van der Waals surface area contributed by atoms with Crippen LogP contribution in [0.4, 0.5) is 0 Å². The van der Waals surface area contributed by atoms with Gasteiger partial charge in [0.1, 0.15) is 11.5 Å². The van der Waals surface area contributed by atoms with Crippen LogP contribution in [-0.2, 0) is 6.54 Å². The van der Waals surface area contributed by atoms with Crippen LogP contribution < -0.4 is 14.8 Å². The van der Waals surface area contributed by atoms with Crippen molar-refractivity contribution in [1.82, 2.24) is 5.32 Å². The van der Waals surface area contributed by atoms with Crippen molar-refractivity contribution in [2.75, 3.05) is 20.8 Å². The van der Waals surface area contributed by atoms with Crippen molar-refractivity contribution in [2.24, 2.45) is 0 Å². The van der Waals surface area contributed by atoms with E-state index in [2.05, 4.69) is 18.3 Å². The molecule has 0 bridgehead atoms. The molecule has 0 aliphatic rings. The Kier molecular flexibility index (Phi) is 5.48. The molecule has 0 heterocycles. The second kappa shape index (κ2) is 7.34. The van der Waals surface area contributed by atoms with E-state index in [-0.39, 0.29) is 0 Å². The molecule has 0 aromatic heterocycles. The highest BCUT2D eigenvalue weighted by molar-refractivity contribution is 6.31. The second-order valence-electron chi connectivity index (χ2n) is 4.65. The molecule has 0 aliphatic heterocycles. The lowest BCUT2D eigenvalue weighted by Crippen LogP contribution is -2.12. The zero-order chi connectivity index (χ0) is 15.2. The van der Waals surface area contributed by atoms with Gasteiger partial charge < -0.3 is 14.8 Å². The SMILES string of the molecule is CCNCc1cc(-c2cc(Cl)ccc2OC)ccc1OC. The highest BCUT2D eigenvalue weighted by Gasteiger charge is 2.10. The molecule has 0 saturated carbocycles. The first kappa shape index (κ1) is 15.7. The van der Waals surface area contributed by atoms with Crippen molar-refractivity contribution >= 4 is 11.6 Å². The van der Waals surface area contributed by atoms with E-state index in [0.29, 0.717) is 5.02 Å². The molecule has 0 fully saturated rings. The quantitative estimate of drug-likeness (QED) is 0.870. The Hall–Kier alpha value is -1.71. The Bertz CT molecular complexity index is 614. The van der Waals surface area contributed by atoms with Gasteiger partial charge in [-0.2, -0.15) is 0 Å². The third kappa shape index (κ3) is 3.69. The van der Waals surface area contributed by atoms with Crippen LogP contribution in [0, 0.1) is 0 Å². The fourth-order valence-electron chi connectivity index (χ4n) is 2.25. The molecule has 0 unspecified atom stereocenters. The van der Waals surface area contributed by atoms with Crippen LogP contribution in [0.3, 0.4) is 0 Å². The zero-order valence-corrected chi connectivity index (χ0v) is 13.3. The van der Waals surface area contributed by atoms with Crippen LogP contribution in [0.25, 0.3) is 11.1 Å². The minimum atomic E-state index is 0.690. The van der Waals surface area contributed by atoms with Crippen LogP contribution in [0.15, 0.2) is 36.4 Å². The number of halogens is 1. The Balaban J connectivity index is 2.46. The molecule has 3 nitrogen and oxygen atoms in total. The van der Waals surface area contributed by atoms with Crippen LogP contribution in [0.2, 0.25) is 5.02 Å². The monoisotopic (exact) mass is 305 g/mol. The van der Waals surface area contributed by atoms with E-state index in [1.54, 1.807) is 14.2 Å². The summed E-state index contributed by atoms with van der Waals surface area (Å²) < 4.78 is 10.8. The molecule has 1 N–H and O–H groups in total. The summed E-state index contributed by atoms with van der Waals surface area (Å²) in [7, 11) is 3.35. The molecule has 0 atom stereocenters. The predicted molar refractivity (Wildman–Crippen MR) is 87.4 cm³/mol. The van der Waals surface area contributed by atoms with Gasteiger partial charge in [0.15, 0.2) is 0 Å². The number of rotatable bonds is 6. The standard InChI is InChI=1S/C17H20ClNO2/c1-4-19-11-13-9-12(5-7-16(13)20-2)15-10-14(18)6-8-17(15)21-3/h5-10,19H,4,11H2,1-3H3. The van der Waals surface area contributed by atoms with Gasteiger partial charge in [-0.25, -0.2) is 0 Å². The fourth-order valence-corrected chi connectivity index (χ4v) is 2.42. The van der Waals surface area contributed by atoms with Gasteiger partial charge in [-0.1, -0.05) is 24.6 Å². The molecule has 21 heavy (non-hydrogen) atoms. The summed E-state index contributed by atoms with van der Waals surface area (Å²) in [5.41, 5.74) is 3.15. The Morgan fingerprint density at radius 3 is 2.38 bits per heavy atom. The summed E-state index contributed by atoms with van der Waals surface area (Å²) in [5.74, 6) is 1.68. The molecule has 2 rings (SSSR count). The van der Waals surface area contributed by atoms with Crippen molar-refractivity contribution < 1.29 is 9.47 Å². The van der Waals surface area contributed by atoms with Crippen LogP contribution in [0.5, 0.6) is 11.5 Å². The normalized spacial score (nSPS) is 10.5. The largest absolute Gasteiger partial charge is 0.496 e. The number of ether oxygens (including phenoxy) is 2. The lowest BCUT2D eigenvalue weighted by atomic mass is 10.0. The van der Waals surface area contributed by atoms with Gasteiger partial charge >= 0.3 is 0 Å². The fraction of sp³-hybridized carbons (Fsp3) is 0.294. The lowest BCUT2D eigenvalue weighted by molar-refractivity contribution is 0.408. The topological polar surface area (TPSA) is 30.5 Å². The Morgan fingerprint density at radius 1 is 1.00 bits per heavy atom. The molecule has 0 radical (unpaired) electrons. The summed E-state index contributed by atoms with van der Waals surface area (Å²) in [6.07, 6.45) is 0. The van der Waals surface area contributed by atoms with E-state index >= 15 is 0 Å². The van der Waals surface area contributed by atoms with Crippen molar-refractivity contribution in [3.8, 4) is 22.6 Å². The van der Waals surface area contributed by atoms with E-state index in [9.17, 15) is 0 Å². The highest BCUT2D eigenvalue weighted by atomic mass is 35.5. The maximum Gasteiger partial charge on any atom is 0.126 e. The molecule has 0 aliphatic carbocycles. The molecular formula is C17H20ClNO2. The highest BCUT2D eigenvalue weighted by Crippen LogP contribution is 2.34. The lowest BCUT2D eigenvalue weighted by Gasteiger charge is -2.13. The van der Waals surface area contributed by atoms with Crippen LogP contribution in [0.1, 0.15) is 12.5 Å². The van der Waals surface area contributed by atoms with Gasteiger partial charge in [0.25, 0.3) is 0 Å². The molecular weight excluding hydrogens is 286 g/mol. The van der Waals surface area contributed by atoms with Gasteiger partial charge in [-0.05, 0) is 42.4 Å². The van der Waals surface area contributed by atoms with E-state index in [1.807, 2.05) is 30.3 Å². The van der Waals surface area contributed by atoms with Crippen molar-refractivity contribution in [3.05, 3.63) is 47.0 Å². The van der Waals surface area contributed by atoms with E-state index in [0.717, 1.165) is 41.3 Å². The Morgan fingerprint density at radius 2 is 1.71 bits per heavy atom. The van der Waals surface area contributed by atoms with Crippen LogP contribution >= 0.6 is 11.6 Å². The number of nitrogens with one attached hydrogen (secondary N) is 1. The zero-order valence-electron chi connectivity index (χ0n) is 12.6. The van der Waals surface area contributed by atoms with Gasteiger partial charge in [-0.15, -0.1) is 0 Å². The molecule has 0 amide bonds. The molecule has 112 valence electrons. The number of hydrogen-bond acceptors (Lipinski definition) is 3. The third-order valence-electron chi connectivity index (χ3n) is 3.32. The average Bonchev–Trinajstić information content (AvgIpc) is 2.52. The van der Waals surface area contributed by atoms with Gasteiger partial charge in [0.2, 0.25) is 0 Å². The average molecular weight is 306 g/mol. The summed E-state index contributed by atoms with van der Waals surface area (Å²) in [6, 6.07) is 11.7. The molecule has 0 spiro atoms. The number of benzene rings is 2. The molecule has 4 heteroatoms. The molecule has 0 saturated heterocycles. The van der Waals surface area contributed by atoms with Crippen LogP contribution in [-0.4, -0.2) is 20.8 Å². The summed E-state index contributed by atoms with van der Waals surface area (Å²) in [6.45, 7) is 3.75. The predicted octanol–water partition coefficient (Wildman–Crippen LogP) is 4.13. The third-order valence-corrected chi connectivity index (χ3v) is 3.55. The Labute approximate surface area is 130 Å². The van der Waals surface area contributed by atoms with Crippen molar-refractivity contribution in [3.63, 3.8) is 0 Å². The molecule has 2 aromatic rings. The van der Waals surface area contributed by atoms with E-state index < -0.39 is 0 Å². The van der Waals surface area contributed by atoms with Gasteiger partial charge in [0.05, 0.1) is 14.2 Å². The molecule has 2 aromatic carbocycles. The number of hydrogen-bond donors (Lipinski definition) is 1. The maximum atomic E-state index is 6.11. The van der Waals surface area contributed by atoms with Crippen molar-refractivity contribution in [2.45, 2.75) is 13.5 Å². The number of methoxy groups -OCH3 is 2. The van der Waals surface area contributed by atoms with Gasteiger partial charge in [0, 0.05) is 22.7 Å². The van der Waals surface area contributed by atoms with E-state index in [4.69, 9.17) is 21.1 Å². The smallest absolute Gasteiger partial charge is 0.126 e. The maximum absolute atomic E-state index is 6.11. The van der Waals surface area contributed by atoms with E-state index in [1.165, 1.54) is 0 Å². The first-order valence-corrected chi connectivity index (χ1v) is 7.29. The van der Waals surface area contributed by atoms with Gasteiger partial charge in [-0.3, -0.25) is 0 Å². The minimum Gasteiger partial charge on any atom is -0.496 e. The summed E-state index contributed by atoms with van der Waals surface area (Å²) in [5, 5.41) is 4.01. The first-order valence-electron chi connectivity index (χ1n) is 6.91. The first-order chi connectivity index (χ1) is 10.2. The summed E-state index contributed by atoms with van der Waals surface area (Å²) >= 11 is 6.11. The van der Waals surface area contributed by atoms with Crippen molar-refractivity contribution in [1.29, 1.82) is 0 Å². The minimum absolute atomic E-state index is 0.690. The second-order valence-corrected chi connectivity index (χ2v) is 5.09.